The number of rotatable bonds is 1. The van der Waals surface area contributed by atoms with E-state index in [0.717, 1.165) is 19.3 Å². The molecule has 4 atom stereocenters. The summed E-state index contributed by atoms with van der Waals surface area (Å²) in [6, 6.07) is -0.0519. The highest BCUT2D eigenvalue weighted by molar-refractivity contribution is 4.90. The third-order valence-corrected chi connectivity index (χ3v) is 4.16. The zero-order valence-corrected chi connectivity index (χ0v) is 9.77. The van der Waals surface area contributed by atoms with Crippen molar-refractivity contribution in [2.75, 3.05) is 6.54 Å². The van der Waals surface area contributed by atoms with E-state index in [-0.39, 0.29) is 24.9 Å². The van der Waals surface area contributed by atoms with Crippen molar-refractivity contribution in [3.63, 3.8) is 0 Å². The lowest BCUT2D eigenvalue weighted by Crippen LogP contribution is -2.49. The standard InChI is InChI=1S/C12H19F4N/c13-10-4-2-1-3-9(10)11-6-5-8(7-17-11)12(14,15)16/h8-11,17H,1-7H2. The van der Waals surface area contributed by atoms with Gasteiger partial charge in [0.15, 0.2) is 0 Å². The quantitative estimate of drug-likeness (QED) is 0.706. The second kappa shape index (κ2) is 5.12. The summed E-state index contributed by atoms with van der Waals surface area (Å²) in [5, 5.41) is 2.92. The Kier molecular flexibility index (Phi) is 3.95. The average Bonchev–Trinajstić information content (AvgIpc) is 2.29. The van der Waals surface area contributed by atoms with Gasteiger partial charge in [-0.2, -0.15) is 13.2 Å². The molecule has 0 aromatic heterocycles. The van der Waals surface area contributed by atoms with Gasteiger partial charge in [0.2, 0.25) is 0 Å². The molecule has 0 radical (unpaired) electrons. The minimum Gasteiger partial charge on any atom is -0.313 e. The number of hydrogen-bond acceptors (Lipinski definition) is 1. The summed E-state index contributed by atoms with van der Waals surface area (Å²) in [6.45, 7) is -0.0443. The molecule has 1 nitrogen and oxygen atoms in total. The molecular weight excluding hydrogens is 234 g/mol. The van der Waals surface area contributed by atoms with Crippen molar-refractivity contribution < 1.29 is 17.6 Å². The molecule has 1 N–H and O–H groups in total. The summed E-state index contributed by atoms with van der Waals surface area (Å²) in [6.07, 6.45) is -1.04. The predicted octanol–water partition coefficient (Wildman–Crippen LogP) is 3.45. The molecule has 2 fully saturated rings. The van der Waals surface area contributed by atoms with Crippen LogP contribution >= 0.6 is 0 Å². The van der Waals surface area contributed by atoms with Gasteiger partial charge in [0.1, 0.15) is 6.17 Å². The van der Waals surface area contributed by atoms with Gasteiger partial charge in [0.05, 0.1) is 5.92 Å². The van der Waals surface area contributed by atoms with Gasteiger partial charge in [0.25, 0.3) is 0 Å². The Morgan fingerprint density at radius 1 is 0.941 bits per heavy atom. The molecule has 5 heteroatoms. The number of hydrogen-bond donors (Lipinski definition) is 1. The first-order valence-electron chi connectivity index (χ1n) is 6.42. The van der Waals surface area contributed by atoms with Crippen molar-refractivity contribution in [2.45, 2.75) is 56.9 Å². The summed E-state index contributed by atoms with van der Waals surface area (Å²) in [7, 11) is 0. The van der Waals surface area contributed by atoms with Crippen LogP contribution in [0.5, 0.6) is 0 Å². The molecule has 1 heterocycles. The first kappa shape index (κ1) is 13.1. The van der Waals surface area contributed by atoms with Crippen molar-refractivity contribution >= 4 is 0 Å². The third kappa shape index (κ3) is 3.12. The summed E-state index contributed by atoms with van der Waals surface area (Å²) in [4.78, 5) is 0. The van der Waals surface area contributed by atoms with E-state index in [9.17, 15) is 17.6 Å². The van der Waals surface area contributed by atoms with Crippen molar-refractivity contribution in [1.29, 1.82) is 0 Å². The molecule has 0 aromatic carbocycles. The van der Waals surface area contributed by atoms with E-state index < -0.39 is 18.3 Å². The van der Waals surface area contributed by atoms with Gasteiger partial charge >= 0.3 is 6.18 Å². The number of halogens is 4. The normalized spacial score (nSPS) is 40.2. The van der Waals surface area contributed by atoms with Crippen molar-refractivity contribution in [2.24, 2.45) is 11.8 Å². The highest BCUT2D eigenvalue weighted by Crippen LogP contribution is 2.37. The fourth-order valence-electron chi connectivity index (χ4n) is 3.09. The van der Waals surface area contributed by atoms with Gasteiger partial charge in [0, 0.05) is 18.5 Å². The lowest BCUT2D eigenvalue weighted by atomic mass is 9.78. The van der Waals surface area contributed by atoms with E-state index in [4.69, 9.17) is 0 Å². The molecule has 0 bridgehead atoms. The zero-order valence-electron chi connectivity index (χ0n) is 9.77. The maximum Gasteiger partial charge on any atom is 0.393 e. The zero-order chi connectivity index (χ0) is 12.5. The second-order valence-corrected chi connectivity index (χ2v) is 5.29. The van der Waals surface area contributed by atoms with Gasteiger partial charge < -0.3 is 5.32 Å². The van der Waals surface area contributed by atoms with Gasteiger partial charge in [-0.1, -0.05) is 12.8 Å². The number of alkyl halides is 4. The fourth-order valence-corrected chi connectivity index (χ4v) is 3.09. The molecule has 1 aliphatic carbocycles. The molecule has 1 aliphatic heterocycles. The highest BCUT2D eigenvalue weighted by atomic mass is 19.4. The van der Waals surface area contributed by atoms with Crippen LogP contribution < -0.4 is 5.32 Å². The second-order valence-electron chi connectivity index (χ2n) is 5.29. The highest BCUT2D eigenvalue weighted by Gasteiger charge is 2.43. The summed E-state index contributed by atoms with van der Waals surface area (Å²) >= 11 is 0. The van der Waals surface area contributed by atoms with Crippen LogP contribution in [-0.2, 0) is 0 Å². The summed E-state index contributed by atoms with van der Waals surface area (Å²) in [5.74, 6) is -1.32. The first-order valence-corrected chi connectivity index (χ1v) is 6.42. The average molecular weight is 253 g/mol. The lowest BCUT2D eigenvalue weighted by Gasteiger charge is -2.38. The van der Waals surface area contributed by atoms with E-state index in [1.807, 2.05) is 0 Å². The number of piperidine rings is 1. The SMILES string of the molecule is FC1CCCCC1C1CCC(C(F)(F)F)CN1. The van der Waals surface area contributed by atoms with Crippen LogP contribution in [-0.4, -0.2) is 24.9 Å². The first-order chi connectivity index (χ1) is 7.98. The lowest BCUT2D eigenvalue weighted by molar-refractivity contribution is -0.180. The van der Waals surface area contributed by atoms with Gasteiger partial charge in [-0.05, 0) is 25.7 Å². The molecule has 1 saturated carbocycles. The fraction of sp³-hybridized carbons (Fsp3) is 1.00. The molecule has 4 unspecified atom stereocenters. The molecule has 0 spiro atoms. The molecular formula is C12H19F4N. The smallest absolute Gasteiger partial charge is 0.313 e. The van der Waals surface area contributed by atoms with Gasteiger partial charge in [-0.25, -0.2) is 4.39 Å². The van der Waals surface area contributed by atoms with Crippen molar-refractivity contribution in [3.8, 4) is 0 Å². The molecule has 100 valence electrons. The topological polar surface area (TPSA) is 12.0 Å². The minimum atomic E-state index is -4.11. The van der Waals surface area contributed by atoms with E-state index in [1.54, 1.807) is 0 Å². The Hall–Kier alpha value is -0.320. The summed E-state index contributed by atoms with van der Waals surface area (Å²) < 4.78 is 51.1. The van der Waals surface area contributed by atoms with E-state index in [1.165, 1.54) is 0 Å². The molecule has 1 saturated heterocycles. The van der Waals surface area contributed by atoms with E-state index in [0.29, 0.717) is 12.8 Å². The monoisotopic (exact) mass is 253 g/mol. The molecule has 0 amide bonds. The third-order valence-electron chi connectivity index (χ3n) is 4.16. The molecule has 0 aromatic rings. The van der Waals surface area contributed by atoms with Crippen LogP contribution in [0.4, 0.5) is 17.6 Å². The van der Waals surface area contributed by atoms with Gasteiger partial charge in [-0.3, -0.25) is 0 Å². The maximum atomic E-state index is 13.7. The van der Waals surface area contributed by atoms with E-state index >= 15 is 0 Å². The van der Waals surface area contributed by atoms with Crippen molar-refractivity contribution in [1.82, 2.24) is 5.32 Å². The Balaban J connectivity index is 1.86. The molecule has 2 aliphatic rings. The minimum absolute atomic E-state index is 0.0443. The van der Waals surface area contributed by atoms with Crippen LogP contribution in [0.1, 0.15) is 38.5 Å². The Morgan fingerprint density at radius 3 is 2.18 bits per heavy atom. The van der Waals surface area contributed by atoms with Crippen LogP contribution in [0, 0.1) is 11.8 Å². The number of nitrogens with one attached hydrogen (secondary N) is 1. The Morgan fingerprint density at radius 2 is 1.65 bits per heavy atom. The maximum absolute atomic E-state index is 13.7. The molecule has 17 heavy (non-hydrogen) atoms. The van der Waals surface area contributed by atoms with Crippen molar-refractivity contribution in [3.05, 3.63) is 0 Å². The van der Waals surface area contributed by atoms with Crippen LogP contribution in [0.25, 0.3) is 0 Å². The largest absolute Gasteiger partial charge is 0.393 e. The van der Waals surface area contributed by atoms with Crippen LogP contribution in [0.3, 0.4) is 0 Å². The van der Waals surface area contributed by atoms with E-state index in [2.05, 4.69) is 5.32 Å². The van der Waals surface area contributed by atoms with Crippen LogP contribution in [0.15, 0.2) is 0 Å². The molecule has 2 rings (SSSR count). The predicted molar refractivity (Wildman–Crippen MR) is 57.4 cm³/mol. The van der Waals surface area contributed by atoms with Gasteiger partial charge in [-0.15, -0.1) is 0 Å². The van der Waals surface area contributed by atoms with Crippen LogP contribution in [0.2, 0.25) is 0 Å². The Labute approximate surface area is 99.0 Å². The Bertz CT molecular complexity index is 245. The summed E-state index contributed by atoms with van der Waals surface area (Å²) in [5.41, 5.74) is 0.